The van der Waals surface area contributed by atoms with E-state index in [1.54, 1.807) is 0 Å². The minimum absolute atomic E-state index is 0.200. The van der Waals surface area contributed by atoms with Gasteiger partial charge in [-0.2, -0.15) is 0 Å². The molecule has 0 amide bonds. The van der Waals surface area contributed by atoms with Crippen molar-refractivity contribution >= 4 is 28.0 Å². The number of rotatable bonds is 7. The van der Waals surface area contributed by atoms with Gasteiger partial charge in [0.1, 0.15) is 0 Å². The van der Waals surface area contributed by atoms with Crippen LogP contribution in [0.4, 0.5) is 17.1 Å². The van der Waals surface area contributed by atoms with Crippen LogP contribution in [0.25, 0.3) is 77.8 Å². The van der Waals surface area contributed by atoms with Gasteiger partial charge in [-0.1, -0.05) is 250 Å². The molecule has 0 fully saturated rings. The molecule has 4 aliphatic rings. The third-order valence-corrected chi connectivity index (χ3v) is 18.9. The number of fused-ring (bicyclic) bond motifs is 17. The maximum absolute atomic E-state index is 5.52. The molecule has 2 heteroatoms. The molecule has 1 heterocycles. The van der Waals surface area contributed by atoms with Gasteiger partial charge in [0.2, 0.25) is 0 Å². The SMILES string of the molecule is CC1(C)c2ccccc2-c2ccc(N(c3ccc4c(c3)-c3ccc(-c5nc6ccccc6cc5-c5ccccc5)cc3C4(c3ccccc3)c3ccccc3)c3ccc4c(c3)C3(c5ccccc5-c5ccccc53)c3ccccc3-4)cc21. The molecule has 0 aliphatic heterocycles. The molecule has 0 radical (unpaired) electrons. The first kappa shape index (κ1) is 46.7. The van der Waals surface area contributed by atoms with Crippen LogP contribution in [-0.2, 0) is 16.2 Å². The summed E-state index contributed by atoms with van der Waals surface area (Å²) in [7, 11) is 0. The third kappa shape index (κ3) is 6.32. The molecule has 2 nitrogen and oxygen atoms in total. The van der Waals surface area contributed by atoms with E-state index in [0.29, 0.717) is 0 Å². The molecular weight excluding hydrogens is 989 g/mol. The van der Waals surface area contributed by atoms with Gasteiger partial charge in [0.25, 0.3) is 0 Å². The van der Waals surface area contributed by atoms with Gasteiger partial charge in [-0.25, -0.2) is 4.98 Å². The molecule has 4 aliphatic carbocycles. The van der Waals surface area contributed by atoms with Gasteiger partial charge in [-0.3, -0.25) is 0 Å². The molecule has 1 aromatic heterocycles. The Hall–Kier alpha value is -10.2. The van der Waals surface area contributed by atoms with Crippen LogP contribution in [0.3, 0.4) is 0 Å². The quantitative estimate of drug-likeness (QED) is 0.158. The van der Waals surface area contributed by atoms with E-state index in [2.05, 4.69) is 310 Å². The molecule has 1 spiro atoms. The molecule has 13 aromatic rings. The highest BCUT2D eigenvalue weighted by molar-refractivity contribution is 5.99. The summed E-state index contributed by atoms with van der Waals surface area (Å²) < 4.78 is 0. The average molecular weight is 1040 g/mol. The van der Waals surface area contributed by atoms with Crippen molar-refractivity contribution in [1.29, 1.82) is 0 Å². The molecule has 0 saturated carbocycles. The van der Waals surface area contributed by atoms with Crippen LogP contribution in [0.5, 0.6) is 0 Å². The largest absolute Gasteiger partial charge is 0.310 e. The number of para-hydroxylation sites is 1. The molecule has 0 bridgehead atoms. The van der Waals surface area contributed by atoms with Crippen LogP contribution in [0, 0.1) is 0 Å². The summed E-state index contributed by atoms with van der Waals surface area (Å²) in [6, 6.07) is 109. The number of nitrogens with zero attached hydrogens (tertiary/aromatic N) is 2. The first-order valence-corrected chi connectivity index (χ1v) is 28.8. The zero-order chi connectivity index (χ0) is 54.3. The van der Waals surface area contributed by atoms with E-state index in [1.807, 2.05) is 0 Å². The number of pyridine rings is 1. The van der Waals surface area contributed by atoms with E-state index < -0.39 is 10.8 Å². The van der Waals surface area contributed by atoms with Crippen molar-refractivity contribution in [3.05, 3.63) is 347 Å². The summed E-state index contributed by atoms with van der Waals surface area (Å²) in [6.07, 6.45) is 0. The van der Waals surface area contributed by atoms with Crippen molar-refractivity contribution < 1.29 is 0 Å². The molecule has 82 heavy (non-hydrogen) atoms. The average Bonchev–Trinajstić information content (AvgIpc) is 3.34. The Morgan fingerprint density at radius 1 is 0.268 bits per heavy atom. The first-order valence-electron chi connectivity index (χ1n) is 28.8. The second-order valence-electron chi connectivity index (χ2n) is 23.3. The van der Waals surface area contributed by atoms with Gasteiger partial charge in [0.15, 0.2) is 0 Å². The van der Waals surface area contributed by atoms with Gasteiger partial charge in [0.05, 0.1) is 22.0 Å². The van der Waals surface area contributed by atoms with Crippen LogP contribution in [0.1, 0.15) is 69.5 Å². The fourth-order valence-electron chi connectivity index (χ4n) is 15.4. The topological polar surface area (TPSA) is 16.1 Å². The maximum atomic E-state index is 5.52. The van der Waals surface area contributed by atoms with E-state index in [4.69, 9.17) is 4.98 Å². The van der Waals surface area contributed by atoms with Gasteiger partial charge >= 0.3 is 0 Å². The smallest absolute Gasteiger partial charge is 0.0788 e. The zero-order valence-corrected chi connectivity index (χ0v) is 45.6. The summed E-state index contributed by atoms with van der Waals surface area (Å²) in [6.45, 7) is 4.78. The van der Waals surface area contributed by atoms with Gasteiger partial charge in [-0.05, 0) is 160 Å². The predicted octanol–water partition coefficient (Wildman–Crippen LogP) is 20.1. The third-order valence-electron chi connectivity index (χ3n) is 18.9. The number of hydrogen-bond donors (Lipinski definition) is 0. The lowest BCUT2D eigenvalue weighted by Crippen LogP contribution is -2.28. The highest BCUT2D eigenvalue weighted by Crippen LogP contribution is 2.64. The van der Waals surface area contributed by atoms with Crippen molar-refractivity contribution in [2.45, 2.75) is 30.1 Å². The fourth-order valence-corrected chi connectivity index (χ4v) is 15.4. The highest BCUT2D eigenvalue weighted by atomic mass is 15.1. The lowest BCUT2D eigenvalue weighted by Gasteiger charge is -2.35. The summed E-state index contributed by atoms with van der Waals surface area (Å²) in [5.74, 6) is 0. The van der Waals surface area contributed by atoms with Crippen LogP contribution in [-0.4, -0.2) is 4.98 Å². The zero-order valence-electron chi connectivity index (χ0n) is 45.6. The molecule has 12 aromatic carbocycles. The molecular formula is C80H54N2. The second kappa shape index (κ2) is 17.4. The predicted molar refractivity (Wildman–Crippen MR) is 338 cm³/mol. The van der Waals surface area contributed by atoms with Crippen molar-refractivity contribution in [3.63, 3.8) is 0 Å². The minimum atomic E-state index is -0.658. The van der Waals surface area contributed by atoms with Crippen LogP contribution in [0.15, 0.2) is 291 Å². The lowest BCUT2D eigenvalue weighted by atomic mass is 9.67. The Morgan fingerprint density at radius 3 is 1.32 bits per heavy atom. The van der Waals surface area contributed by atoms with E-state index in [0.717, 1.165) is 50.3 Å². The Bertz CT molecular complexity index is 4680. The molecule has 0 N–H and O–H groups in total. The Morgan fingerprint density at radius 2 is 0.695 bits per heavy atom. The fraction of sp³-hybridized carbons (Fsp3) is 0.0625. The van der Waals surface area contributed by atoms with Crippen LogP contribution in [0.2, 0.25) is 0 Å². The molecule has 0 saturated heterocycles. The van der Waals surface area contributed by atoms with Crippen molar-refractivity contribution in [1.82, 2.24) is 4.98 Å². The monoisotopic (exact) mass is 1040 g/mol. The van der Waals surface area contributed by atoms with E-state index in [9.17, 15) is 0 Å². The summed E-state index contributed by atoms with van der Waals surface area (Å²) in [5, 5.41) is 1.12. The van der Waals surface area contributed by atoms with E-state index in [1.165, 1.54) is 100 Å². The van der Waals surface area contributed by atoms with E-state index >= 15 is 0 Å². The van der Waals surface area contributed by atoms with Crippen LogP contribution >= 0.6 is 0 Å². The number of aromatic nitrogens is 1. The first-order chi connectivity index (χ1) is 40.4. The van der Waals surface area contributed by atoms with Crippen LogP contribution < -0.4 is 4.90 Å². The van der Waals surface area contributed by atoms with Gasteiger partial charge in [0, 0.05) is 39.0 Å². The molecule has 0 unspecified atom stereocenters. The standard InChI is InChI=1S/C80H54N2/c1-78(2)68-33-17-13-29-59(68)63-43-39-57(49-73(63)78)82(58-40-44-64-62-32-16-20-36-71(62)80(75(64)50-58)69-34-18-14-30-60(69)61-31-15-19-35-70(61)80)56-41-45-72-67(48-56)65-42-38-53(47-74(65)79(72,54-25-8-4-9-26-54)55-27-10-5-11-28-55)77-66(51-22-6-3-7-23-51)46-52-24-12-21-37-76(52)81-77/h3-50H,1-2H3. The molecule has 0 atom stereocenters. The maximum Gasteiger partial charge on any atom is 0.0788 e. The summed E-state index contributed by atoms with van der Waals surface area (Å²) >= 11 is 0. The minimum Gasteiger partial charge on any atom is -0.310 e. The van der Waals surface area contributed by atoms with Gasteiger partial charge < -0.3 is 4.90 Å². The van der Waals surface area contributed by atoms with E-state index in [-0.39, 0.29) is 5.41 Å². The summed E-state index contributed by atoms with van der Waals surface area (Å²) in [5.41, 5.74) is 30.4. The molecule has 384 valence electrons. The molecule has 17 rings (SSSR count). The Labute approximate surface area is 479 Å². The normalized spacial score (nSPS) is 14.5. The number of benzene rings is 12. The number of hydrogen-bond acceptors (Lipinski definition) is 2. The number of anilines is 3. The second-order valence-corrected chi connectivity index (χ2v) is 23.3. The van der Waals surface area contributed by atoms with Crippen molar-refractivity contribution in [3.8, 4) is 66.9 Å². The van der Waals surface area contributed by atoms with Gasteiger partial charge in [-0.15, -0.1) is 0 Å². The van der Waals surface area contributed by atoms with Crippen molar-refractivity contribution in [2.24, 2.45) is 0 Å². The highest BCUT2D eigenvalue weighted by Gasteiger charge is 2.52. The lowest BCUT2D eigenvalue weighted by molar-refractivity contribution is 0.660. The van der Waals surface area contributed by atoms with Crippen molar-refractivity contribution in [2.75, 3.05) is 4.90 Å². The Balaban J connectivity index is 0.927. The Kier molecular flexibility index (Phi) is 9.93. The summed E-state index contributed by atoms with van der Waals surface area (Å²) in [4.78, 5) is 8.07.